The van der Waals surface area contributed by atoms with Crippen LogP contribution in [0.1, 0.15) is 27.2 Å². The van der Waals surface area contributed by atoms with E-state index >= 15 is 0 Å². The summed E-state index contributed by atoms with van der Waals surface area (Å²) in [5.74, 6) is 0.364. The van der Waals surface area contributed by atoms with E-state index < -0.39 is 5.54 Å². The first-order valence-electron chi connectivity index (χ1n) is 5.66. The van der Waals surface area contributed by atoms with Gasteiger partial charge in [0.05, 0.1) is 16.1 Å². The monoisotopic (exact) mass is 283 g/mol. The second-order valence-corrected chi connectivity index (χ2v) is 5.54. The molecular weight excluding hydrogens is 269 g/mol. The van der Waals surface area contributed by atoms with E-state index in [4.69, 9.17) is 23.2 Å². The van der Waals surface area contributed by atoms with Crippen molar-refractivity contribution in [1.82, 2.24) is 0 Å². The topological polar surface area (TPSA) is 48.5 Å². The van der Waals surface area contributed by atoms with Crippen molar-refractivity contribution in [1.29, 1.82) is 5.26 Å². The second kappa shape index (κ2) is 6.17. The molecule has 0 aromatic heterocycles. The van der Waals surface area contributed by atoms with Crippen molar-refractivity contribution in [3.05, 3.63) is 28.2 Å². The van der Waals surface area contributed by atoms with Gasteiger partial charge in [-0.2, -0.15) is 15.5 Å². The van der Waals surface area contributed by atoms with E-state index in [9.17, 15) is 5.26 Å². The van der Waals surface area contributed by atoms with Gasteiger partial charge < -0.3 is 0 Å². The van der Waals surface area contributed by atoms with Crippen molar-refractivity contribution >= 4 is 28.9 Å². The van der Waals surface area contributed by atoms with Gasteiger partial charge in [0.25, 0.3) is 0 Å². The van der Waals surface area contributed by atoms with Gasteiger partial charge in [0.15, 0.2) is 5.54 Å². The fraction of sp³-hybridized carbons (Fsp3) is 0.462. The summed E-state index contributed by atoms with van der Waals surface area (Å²) in [5.41, 5.74) is -0.353. The Kier molecular flexibility index (Phi) is 5.13. The van der Waals surface area contributed by atoms with Crippen LogP contribution in [-0.4, -0.2) is 5.54 Å². The zero-order valence-corrected chi connectivity index (χ0v) is 12.1. The minimum atomic E-state index is -0.834. The SMILES string of the molecule is CC(C)CC(C)(C#N)N=Nc1cccc(Cl)c1Cl. The summed E-state index contributed by atoms with van der Waals surface area (Å²) in [6, 6.07) is 7.32. The molecule has 1 rings (SSSR count). The molecule has 0 aliphatic rings. The van der Waals surface area contributed by atoms with Crippen molar-refractivity contribution in [2.45, 2.75) is 32.7 Å². The predicted octanol–water partition coefficient (Wildman–Crippen LogP) is 5.41. The Morgan fingerprint density at radius 2 is 2.06 bits per heavy atom. The number of nitrogens with zero attached hydrogens (tertiary/aromatic N) is 3. The Hall–Kier alpha value is -1.11. The first-order chi connectivity index (χ1) is 8.38. The van der Waals surface area contributed by atoms with E-state index in [1.807, 2.05) is 13.8 Å². The minimum absolute atomic E-state index is 0.354. The predicted molar refractivity (Wildman–Crippen MR) is 74.5 cm³/mol. The van der Waals surface area contributed by atoms with E-state index in [0.29, 0.717) is 28.1 Å². The summed E-state index contributed by atoms with van der Waals surface area (Å²) in [4.78, 5) is 0. The fourth-order valence-electron chi connectivity index (χ4n) is 1.64. The van der Waals surface area contributed by atoms with E-state index in [2.05, 4.69) is 16.3 Å². The van der Waals surface area contributed by atoms with Crippen molar-refractivity contribution in [2.75, 3.05) is 0 Å². The summed E-state index contributed by atoms with van der Waals surface area (Å²) in [5, 5.41) is 18.1. The molecule has 0 aliphatic heterocycles. The van der Waals surface area contributed by atoms with Crippen LogP contribution in [0.15, 0.2) is 28.4 Å². The summed E-state index contributed by atoms with van der Waals surface area (Å²) in [6.45, 7) is 5.84. The molecule has 1 aromatic rings. The highest BCUT2D eigenvalue weighted by Gasteiger charge is 2.24. The summed E-state index contributed by atoms with van der Waals surface area (Å²) >= 11 is 11.9. The first-order valence-corrected chi connectivity index (χ1v) is 6.42. The molecule has 5 heteroatoms. The average Bonchev–Trinajstić information content (AvgIpc) is 2.30. The number of azo groups is 1. The van der Waals surface area contributed by atoms with Gasteiger partial charge in [-0.25, -0.2) is 0 Å². The second-order valence-electron chi connectivity index (χ2n) is 4.76. The molecule has 96 valence electrons. The van der Waals surface area contributed by atoms with Crippen LogP contribution in [0.25, 0.3) is 0 Å². The van der Waals surface area contributed by atoms with Gasteiger partial charge in [-0.15, -0.1) is 0 Å². The van der Waals surface area contributed by atoms with Crippen LogP contribution in [-0.2, 0) is 0 Å². The number of benzene rings is 1. The molecule has 0 fully saturated rings. The van der Waals surface area contributed by atoms with Crippen molar-refractivity contribution in [2.24, 2.45) is 16.1 Å². The lowest BCUT2D eigenvalue weighted by molar-refractivity contribution is 0.436. The largest absolute Gasteiger partial charge is 0.196 e. The van der Waals surface area contributed by atoms with E-state index in [-0.39, 0.29) is 0 Å². The Balaban J connectivity index is 2.98. The number of rotatable bonds is 4. The molecule has 0 aliphatic carbocycles. The number of halogens is 2. The van der Waals surface area contributed by atoms with Crippen LogP contribution in [0.3, 0.4) is 0 Å². The van der Waals surface area contributed by atoms with Crippen LogP contribution in [0.4, 0.5) is 5.69 Å². The standard InChI is InChI=1S/C13H15Cl2N3/c1-9(2)7-13(3,8-16)18-17-11-6-4-5-10(14)12(11)15/h4-6,9H,7H2,1-3H3. The molecule has 1 atom stereocenters. The number of hydrogen-bond acceptors (Lipinski definition) is 3. The van der Waals surface area contributed by atoms with Gasteiger partial charge in [0.1, 0.15) is 5.69 Å². The smallest absolute Gasteiger partial charge is 0.165 e. The quantitative estimate of drug-likeness (QED) is 0.682. The highest BCUT2D eigenvalue weighted by Crippen LogP contribution is 2.33. The van der Waals surface area contributed by atoms with Crippen LogP contribution in [0.5, 0.6) is 0 Å². The average molecular weight is 284 g/mol. The maximum atomic E-state index is 9.17. The molecule has 0 bridgehead atoms. The molecule has 0 amide bonds. The molecular formula is C13H15Cl2N3. The van der Waals surface area contributed by atoms with Gasteiger partial charge in [0.2, 0.25) is 0 Å². The van der Waals surface area contributed by atoms with Crippen molar-refractivity contribution in [3.63, 3.8) is 0 Å². The van der Waals surface area contributed by atoms with Crippen LogP contribution in [0, 0.1) is 17.2 Å². The van der Waals surface area contributed by atoms with Gasteiger partial charge in [-0.05, 0) is 31.4 Å². The van der Waals surface area contributed by atoms with E-state index in [1.54, 1.807) is 25.1 Å². The number of nitriles is 1. The molecule has 18 heavy (non-hydrogen) atoms. The van der Waals surface area contributed by atoms with E-state index in [0.717, 1.165) is 0 Å². The molecule has 0 saturated carbocycles. The Morgan fingerprint density at radius 3 is 2.61 bits per heavy atom. The zero-order valence-electron chi connectivity index (χ0n) is 10.6. The Morgan fingerprint density at radius 1 is 1.39 bits per heavy atom. The van der Waals surface area contributed by atoms with E-state index in [1.165, 1.54) is 0 Å². The lowest BCUT2D eigenvalue weighted by Crippen LogP contribution is -2.21. The highest BCUT2D eigenvalue weighted by atomic mass is 35.5. The molecule has 1 unspecified atom stereocenters. The molecule has 1 aromatic carbocycles. The number of hydrogen-bond donors (Lipinski definition) is 0. The van der Waals surface area contributed by atoms with Crippen LogP contribution >= 0.6 is 23.2 Å². The Bertz CT molecular complexity index is 491. The summed E-state index contributed by atoms with van der Waals surface area (Å²) < 4.78 is 0. The third-order valence-electron chi connectivity index (χ3n) is 2.36. The zero-order chi connectivity index (χ0) is 13.8. The normalized spacial score (nSPS) is 14.7. The van der Waals surface area contributed by atoms with Crippen LogP contribution in [0.2, 0.25) is 10.0 Å². The molecule has 3 nitrogen and oxygen atoms in total. The maximum absolute atomic E-state index is 9.17. The van der Waals surface area contributed by atoms with Crippen molar-refractivity contribution < 1.29 is 0 Å². The summed E-state index contributed by atoms with van der Waals surface area (Å²) in [6.07, 6.45) is 0.644. The van der Waals surface area contributed by atoms with Gasteiger partial charge in [0, 0.05) is 0 Å². The molecule has 0 radical (unpaired) electrons. The minimum Gasteiger partial charge on any atom is -0.196 e. The fourth-order valence-corrected chi connectivity index (χ4v) is 1.97. The molecule has 0 N–H and O–H groups in total. The molecule has 0 heterocycles. The lowest BCUT2D eigenvalue weighted by atomic mass is 9.93. The third kappa shape index (κ3) is 3.97. The summed E-state index contributed by atoms with van der Waals surface area (Å²) in [7, 11) is 0. The van der Waals surface area contributed by atoms with Crippen molar-refractivity contribution in [3.8, 4) is 6.07 Å². The highest BCUT2D eigenvalue weighted by molar-refractivity contribution is 6.43. The molecule has 0 saturated heterocycles. The van der Waals surface area contributed by atoms with Gasteiger partial charge in [-0.3, -0.25) is 0 Å². The van der Waals surface area contributed by atoms with Crippen LogP contribution < -0.4 is 0 Å². The van der Waals surface area contributed by atoms with Gasteiger partial charge in [-0.1, -0.05) is 43.1 Å². The lowest BCUT2D eigenvalue weighted by Gasteiger charge is -2.17. The Labute approximate surface area is 117 Å². The third-order valence-corrected chi connectivity index (χ3v) is 3.17. The first kappa shape index (κ1) is 14.9. The maximum Gasteiger partial charge on any atom is 0.165 e. The van der Waals surface area contributed by atoms with Gasteiger partial charge >= 0.3 is 0 Å². The molecule has 0 spiro atoms.